The molecule has 0 radical (unpaired) electrons. The van der Waals surface area contributed by atoms with Gasteiger partial charge in [0.2, 0.25) is 5.91 Å². The standard InChI is InChI=1S/C10H19NO3S2/c1-8(4-5-15-3)11(2)9(12)6-16-7-10(13)14/h8H,4-7H2,1-3H3,(H,13,14). The van der Waals surface area contributed by atoms with Crippen molar-refractivity contribution < 1.29 is 14.7 Å². The van der Waals surface area contributed by atoms with E-state index < -0.39 is 5.97 Å². The van der Waals surface area contributed by atoms with Crippen LogP contribution in [0.2, 0.25) is 0 Å². The van der Waals surface area contributed by atoms with Crippen molar-refractivity contribution in [1.82, 2.24) is 4.90 Å². The lowest BCUT2D eigenvalue weighted by molar-refractivity contribution is -0.133. The summed E-state index contributed by atoms with van der Waals surface area (Å²) in [5.41, 5.74) is 0. The van der Waals surface area contributed by atoms with Crippen LogP contribution in [0, 0.1) is 0 Å². The summed E-state index contributed by atoms with van der Waals surface area (Å²) in [5, 5.41) is 8.44. The van der Waals surface area contributed by atoms with E-state index in [4.69, 9.17) is 5.11 Å². The average Bonchev–Trinajstić information content (AvgIpc) is 2.24. The van der Waals surface area contributed by atoms with Gasteiger partial charge in [0.15, 0.2) is 0 Å². The van der Waals surface area contributed by atoms with Crippen molar-refractivity contribution in [2.24, 2.45) is 0 Å². The van der Waals surface area contributed by atoms with E-state index in [9.17, 15) is 9.59 Å². The van der Waals surface area contributed by atoms with Crippen molar-refractivity contribution >= 4 is 35.4 Å². The van der Waals surface area contributed by atoms with Gasteiger partial charge in [-0.3, -0.25) is 9.59 Å². The molecule has 1 N–H and O–H groups in total. The van der Waals surface area contributed by atoms with Gasteiger partial charge in [0.05, 0.1) is 11.5 Å². The molecule has 1 atom stereocenters. The van der Waals surface area contributed by atoms with Gasteiger partial charge in [-0.2, -0.15) is 11.8 Å². The van der Waals surface area contributed by atoms with Crippen LogP contribution in [0.3, 0.4) is 0 Å². The molecule has 0 saturated heterocycles. The predicted molar refractivity (Wildman–Crippen MR) is 70.2 cm³/mol. The summed E-state index contributed by atoms with van der Waals surface area (Å²) in [4.78, 5) is 23.6. The Balaban J connectivity index is 3.83. The Labute approximate surface area is 105 Å². The molecular weight excluding hydrogens is 246 g/mol. The molecule has 0 bridgehead atoms. The zero-order chi connectivity index (χ0) is 12.6. The Morgan fingerprint density at radius 2 is 2.00 bits per heavy atom. The molecule has 6 heteroatoms. The fraction of sp³-hybridized carbons (Fsp3) is 0.800. The summed E-state index contributed by atoms with van der Waals surface area (Å²) in [5.74, 6) is 0.377. The number of rotatable bonds is 8. The number of carboxylic acid groups (broad SMARTS) is 1. The first kappa shape index (κ1) is 15.6. The highest BCUT2D eigenvalue weighted by molar-refractivity contribution is 8.00. The molecule has 0 fully saturated rings. The molecule has 0 aliphatic carbocycles. The van der Waals surface area contributed by atoms with E-state index >= 15 is 0 Å². The fourth-order valence-corrected chi connectivity index (χ4v) is 2.29. The zero-order valence-electron chi connectivity index (χ0n) is 9.93. The highest BCUT2D eigenvalue weighted by Gasteiger charge is 2.15. The average molecular weight is 265 g/mol. The smallest absolute Gasteiger partial charge is 0.313 e. The van der Waals surface area contributed by atoms with E-state index in [1.54, 1.807) is 23.7 Å². The van der Waals surface area contributed by atoms with Crippen molar-refractivity contribution in [2.75, 3.05) is 30.6 Å². The number of aliphatic carboxylic acids is 1. The first-order chi connectivity index (χ1) is 7.49. The van der Waals surface area contributed by atoms with Crippen molar-refractivity contribution in [1.29, 1.82) is 0 Å². The minimum atomic E-state index is -0.879. The number of carboxylic acids is 1. The van der Waals surface area contributed by atoms with E-state index in [1.807, 2.05) is 13.2 Å². The van der Waals surface area contributed by atoms with Gasteiger partial charge in [-0.05, 0) is 25.4 Å². The van der Waals surface area contributed by atoms with Gasteiger partial charge in [-0.15, -0.1) is 11.8 Å². The molecule has 4 nitrogen and oxygen atoms in total. The molecule has 94 valence electrons. The van der Waals surface area contributed by atoms with Gasteiger partial charge in [0.1, 0.15) is 0 Å². The van der Waals surface area contributed by atoms with Crippen LogP contribution in [0.25, 0.3) is 0 Å². The third kappa shape index (κ3) is 7.00. The summed E-state index contributed by atoms with van der Waals surface area (Å²) in [6.07, 6.45) is 3.00. The Hall–Kier alpha value is -0.360. The van der Waals surface area contributed by atoms with Gasteiger partial charge in [-0.1, -0.05) is 0 Å². The van der Waals surface area contributed by atoms with Gasteiger partial charge >= 0.3 is 5.97 Å². The third-order valence-electron chi connectivity index (χ3n) is 2.25. The summed E-state index contributed by atoms with van der Waals surface area (Å²) in [6, 6.07) is 0.213. The third-order valence-corrected chi connectivity index (χ3v) is 3.79. The number of carbonyl (C=O) groups excluding carboxylic acids is 1. The molecule has 0 rings (SSSR count). The number of hydrogen-bond donors (Lipinski definition) is 1. The summed E-state index contributed by atoms with van der Waals surface area (Å²) in [6.45, 7) is 2.01. The maximum absolute atomic E-state index is 11.6. The molecule has 0 aliphatic rings. The second-order valence-electron chi connectivity index (χ2n) is 3.52. The molecule has 0 aliphatic heterocycles. The van der Waals surface area contributed by atoms with Gasteiger partial charge in [-0.25, -0.2) is 0 Å². The summed E-state index contributed by atoms with van der Waals surface area (Å²) < 4.78 is 0. The first-order valence-corrected chi connectivity index (χ1v) is 7.58. The van der Waals surface area contributed by atoms with Crippen molar-refractivity contribution in [3.05, 3.63) is 0 Å². The maximum atomic E-state index is 11.6. The molecule has 0 spiro atoms. The second-order valence-corrected chi connectivity index (χ2v) is 5.49. The van der Waals surface area contributed by atoms with Crippen LogP contribution in [-0.4, -0.2) is 58.5 Å². The normalized spacial score (nSPS) is 12.2. The maximum Gasteiger partial charge on any atom is 0.313 e. The lowest BCUT2D eigenvalue weighted by Gasteiger charge is -2.24. The van der Waals surface area contributed by atoms with Crippen LogP contribution in [-0.2, 0) is 9.59 Å². The van der Waals surface area contributed by atoms with Crippen LogP contribution < -0.4 is 0 Å². The highest BCUT2D eigenvalue weighted by atomic mass is 32.2. The summed E-state index contributed by atoms with van der Waals surface area (Å²) in [7, 11) is 1.77. The Bertz CT molecular complexity index is 236. The molecular formula is C10H19NO3S2. The predicted octanol–water partition coefficient (Wildman–Crippen LogP) is 1.40. The Morgan fingerprint density at radius 1 is 1.38 bits per heavy atom. The van der Waals surface area contributed by atoms with E-state index in [0.29, 0.717) is 0 Å². The molecule has 0 heterocycles. The van der Waals surface area contributed by atoms with E-state index in [2.05, 4.69) is 0 Å². The monoisotopic (exact) mass is 265 g/mol. The van der Waals surface area contributed by atoms with Gasteiger partial charge in [0, 0.05) is 13.1 Å². The Morgan fingerprint density at radius 3 is 2.50 bits per heavy atom. The van der Waals surface area contributed by atoms with Crippen LogP contribution in [0.5, 0.6) is 0 Å². The van der Waals surface area contributed by atoms with E-state index in [1.165, 1.54) is 0 Å². The Kier molecular flexibility index (Phi) is 8.56. The van der Waals surface area contributed by atoms with Crippen LogP contribution >= 0.6 is 23.5 Å². The minimum absolute atomic E-state index is 0.000136. The number of carbonyl (C=O) groups is 2. The zero-order valence-corrected chi connectivity index (χ0v) is 11.6. The minimum Gasteiger partial charge on any atom is -0.481 e. The summed E-state index contributed by atoms with van der Waals surface area (Å²) >= 11 is 2.90. The second kappa shape index (κ2) is 8.75. The number of nitrogens with zero attached hydrogens (tertiary/aromatic N) is 1. The van der Waals surface area contributed by atoms with Crippen molar-refractivity contribution in [3.63, 3.8) is 0 Å². The molecule has 0 aromatic carbocycles. The van der Waals surface area contributed by atoms with Crippen molar-refractivity contribution in [2.45, 2.75) is 19.4 Å². The topological polar surface area (TPSA) is 57.6 Å². The lowest BCUT2D eigenvalue weighted by Crippen LogP contribution is -2.36. The van der Waals surface area contributed by atoms with Crippen LogP contribution in [0.15, 0.2) is 0 Å². The lowest BCUT2D eigenvalue weighted by atomic mass is 10.2. The SMILES string of the molecule is CSCCC(C)N(C)C(=O)CSCC(=O)O. The number of hydrogen-bond acceptors (Lipinski definition) is 4. The first-order valence-electron chi connectivity index (χ1n) is 5.03. The van der Waals surface area contributed by atoms with E-state index in [-0.39, 0.29) is 23.5 Å². The number of thioether (sulfide) groups is 2. The quantitative estimate of drug-likeness (QED) is 0.719. The molecule has 16 heavy (non-hydrogen) atoms. The van der Waals surface area contributed by atoms with Crippen molar-refractivity contribution in [3.8, 4) is 0 Å². The molecule has 1 amide bonds. The highest BCUT2D eigenvalue weighted by Crippen LogP contribution is 2.09. The van der Waals surface area contributed by atoms with Crippen LogP contribution in [0.1, 0.15) is 13.3 Å². The molecule has 0 aromatic heterocycles. The molecule has 0 saturated carbocycles. The van der Waals surface area contributed by atoms with Crippen LogP contribution in [0.4, 0.5) is 0 Å². The largest absolute Gasteiger partial charge is 0.481 e. The molecule has 1 unspecified atom stereocenters. The van der Waals surface area contributed by atoms with E-state index in [0.717, 1.165) is 23.9 Å². The van der Waals surface area contributed by atoms with Gasteiger partial charge < -0.3 is 10.0 Å². The van der Waals surface area contributed by atoms with Gasteiger partial charge in [0.25, 0.3) is 0 Å². The number of amides is 1. The molecule has 0 aromatic rings. The fourth-order valence-electron chi connectivity index (χ4n) is 1.06.